The zero-order chi connectivity index (χ0) is 23.5. The third-order valence-corrected chi connectivity index (χ3v) is 6.51. The summed E-state index contributed by atoms with van der Waals surface area (Å²) in [6.07, 6.45) is 7.64. The van der Waals surface area contributed by atoms with Crippen molar-refractivity contribution < 1.29 is 9.47 Å². The van der Waals surface area contributed by atoms with Crippen molar-refractivity contribution >= 4 is 34.4 Å². The molecule has 0 unspecified atom stereocenters. The van der Waals surface area contributed by atoms with E-state index in [0.29, 0.717) is 22.6 Å². The van der Waals surface area contributed by atoms with Crippen molar-refractivity contribution in [3.8, 4) is 33.1 Å². The fourth-order valence-corrected chi connectivity index (χ4v) is 4.88. The Balaban J connectivity index is 1.76. The molecule has 0 aliphatic heterocycles. The first-order chi connectivity index (χ1) is 16.7. The van der Waals surface area contributed by atoms with Gasteiger partial charge in [0.05, 0.1) is 25.3 Å². The van der Waals surface area contributed by atoms with Gasteiger partial charge >= 0.3 is 0 Å². The molecule has 0 saturated heterocycles. The first kappa shape index (κ1) is 21.7. The largest absolute Gasteiger partial charge is 0.493 e. The second kappa shape index (κ2) is 9.37. The summed E-state index contributed by atoms with van der Waals surface area (Å²) >= 11 is 1.54. The van der Waals surface area contributed by atoms with E-state index < -0.39 is 0 Å². The molecule has 34 heavy (non-hydrogen) atoms. The number of pyridine rings is 2. The van der Waals surface area contributed by atoms with Gasteiger partial charge < -0.3 is 14.5 Å². The molecule has 3 heterocycles. The molecule has 0 aliphatic rings. The Morgan fingerprint density at radius 3 is 2.50 bits per heavy atom. The molecule has 0 amide bonds. The molecule has 0 atom stereocenters. The second-order valence-corrected chi connectivity index (χ2v) is 8.60. The van der Waals surface area contributed by atoms with Crippen LogP contribution < -0.4 is 15.0 Å². The molecule has 6 heteroatoms. The topological polar surface area (TPSA) is 64.2 Å². The summed E-state index contributed by atoms with van der Waals surface area (Å²) < 4.78 is 11.1. The van der Waals surface area contributed by atoms with Crippen LogP contribution in [0.1, 0.15) is 11.1 Å². The number of aromatic nitrogens is 2. The normalized spacial score (nSPS) is 11.2. The van der Waals surface area contributed by atoms with E-state index in [0.717, 1.165) is 32.5 Å². The zero-order valence-corrected chi connectivity index (χ0v) is 19.6. The van der Waals surface area contributed by atoms with E-state index >= 15 is 0 Å². The van der Waals surface area contributed by atoms with Crippen molar-refractivity contribution in [3.63, 3.8) is 0 Å². The highest BCUT2D eigenvalue weighted by molar-refractivity contribution is 7.13. The Morgan fingerprint density at radius 1 is 0.912 bits per heavy atom. The van der Waals surface area contributed by atoms with Gasteiger partial charge in [0.15, 0.2) is 11.5 Å². The van der Waals surface area contributed by atoms with Gasteiger partial charge in [0.25, 0.3) is 5.56 Å². The van der Waals surface area contributed by atoms with E-state index in [4.69, 9.17) is 9.47 Å². The summed E-state index contributed by atoms with van der Waals surface area (Å²) in [6, 6.07) is 19.8. The van der Waals surface area contributed by atoms with Gasteiger partial charge in [-0.3, -0.25) is 9.78 Å². The summed E-state index contributed by atoms with van der Waals surface area (Å²) in [4.78, 5) is 21.5. The van der Waals surface area contributed by atoms with Gasteiger partial charge in [0.2, 0.25) is 0 Å². The predicted molar refractivity (Wildman–Crippen MR) is 140 cm³/mol. The Kier molecular flexibility index (Phi) is 5.97. The average molecular weight is 467 g/mol. The first-order valence-corrected chi connectivity index (χ1v) is 11.6. The number of nitrogens with one attached hydrogen (secondary N) is 1. The average Bonchev–Trinajstić information content (AvgIpc) is 3.41. The summed E-state index contributed by atoms with van der Waals surface area (Å²) in [6.45, 7) is 0. The molecule has 0 aliphatic carbocycles. The van der Waals surface area contributed by atoms with Gasteiger partial charge in [0.1, 0.15) is 0 Å². The lowest BCUT2D eigenvalue weighted by Crippen LogP contribution is -2.11. The van der Waals surface area contributed by atoms with Crippen LogP contribution in [-0.2, 0) is 0 Å². The maximum atomic E-state index is 13.4. The van der Waals surface area contributed by atoms with Crippen LogP contribution in [0.2, 0.25) is 0 Å². The SMILES string of the molecule is COc1ccc2c(-c3cccc(C=Cc4cccnc4)c3)c(-c3cccs3)c(=O)[nH]c2c1OC. The lowest BCUT2D eigenvalue weighted by atomic mass is 9.93. The van der Waals surface area contributed by atoms with Crippen LogP contribution in [0.3, 0.4) is 0 Å². The Bertz CT molecular complexity index is 1540. The Labute approximate surface area is 201 Å². The van der Waals surface area contributed by atoms with Gasteiger partial charge in [-0.15, -0.1) is 11.3 Å². The lowest BCUT2D eigenvalue weighted by molar-refractivity contribution is 0.358. The van der Waals surface area contributed by atoms with Gasteiger partial charge in [-0.25, -0.2) is 0 Å². The molecule has 2 aromatic carbocycles. The van der Waals surface area contributed by atoms with E-state index in [1.807, 2.05) is 78.3 Å². The number of benzene rings is 2. The van der Waals surface area contributed by atoms with Crippen LogP contribution in [0, 0.1) is 0 Å². The Hall–Kier alpha value is -4.16. The van der Waals surface area contributed by atoms with Crippen LogP contribution in [0.5, 0.6) is 11.5 Å². The van der Waals surface area contributed by atoms with E-state index in [2.05, 4.69) is 16.0 Å². The molecule has 0 bridgehead atoms. The highest BCUT2D eigenvalue weighted by Crippen LogP contribution is 2.42. The van der Waals surface area contributed by atoms with Crippen LogP contribution >= 0.6 is 11.3 Å². The standard InChI is InChI=1S/C28H22N2O3S/c1-32-22-13-12-21-24(20-8-3-6-18(16-20)10-11-19-7-4-14-29-17-19)25(23-9-5-15-34-23)28(31)30-26(21)27(22)33-2/h3-17H,1-2H3,(H,30,31). The molecule has 0 spiro atoms. The second-order valence-electron chi connectivity index (χ2n) is 7.65. The van der Waals surface area contributed by atoms with Crippen LogP contribution in [0.25, 0.3) is 44.6 Å². The maximum absolute atomic E-state index is 13.4. The molecule has 0 saturated carbocycles. The first-order valence-electron chi connectivity index (χ1n) is 10.7. The van der Waals surface area contributed by atoms with Gasteiger partial charge in [-0.2, -0.15) is 0 Å². The summed E-state index contributed by atoms with van der Waals surface area (Å²) in [5.41, 5.74) is 4.92. The molecule has 0 fully saturated rings. The predicted octanol–water partition coefficient (Wildman–Crippen LogP) is 6.51. The van der Waals surface area contributed by atoms with Crippen molar-refractivity contribution in [1.29, 1.82) is 0 Å². The fourth-order valence-electron chi connectivity index (χ4n) is 4.10. The fraction of sp³-hybridized carbons (Fsp3) is 0.0714. The number of hydrogen-bond donors (Lipinski definition) is 1. The number of ether oxygens (including phenoxy) is 2. The third kappa shape index (κ3) is 4.00. The summed E-state index contributed by atoms with van der Waals surface area (Å²) in [7, 11) is 3.16. The van der Waals surface area contributed by atoms with Crippen molar-refractivity contribution in [1.82, 2.24) is 9.97 Å². The minimum Gasteiger partial charge on any atom is -0.493 e. The number of methoxy groups -OCH3 is 2. The maximum Gasteiger partial charge on any atom is 0.257 e. The number of hydrogen-bond acceptors (Lipinski definition) is 5. The minimum absolute atomic E-state index is 0.173. The molecular weight excluding hydrogens is 444 g/mol. The molecule has 5 nitrogen and oxygen atoms in total. The zero-order valence-electron chi connectivity index (χ0n) is 18.7. The number of H-pyrrole nitrogens is 1. The summed E-state index contributed by atoms with van der Waals surface area (Å²) in [5.74, 6) is 1.07. The molecule has 168 valence electrons. The van der Waals surface area contributed by atoms with Crippen molar-refractivity contribution in [3.05, 3.63) is 99.9 Å². The van der Waals surface area contributed by atoms with Crippen molar-refractivity contribution in [2.24, 2.45) is 0 Å². The van der Waals surface area contributed by atoms with E-state index in [1.165, 1.54) is 0 Å². The van der Waals surface area contributed by atoms with E-state index in [-0.39, 0.29) is 5.56 Å². The highest BCUT2D eigenvalue weighted by atomic mass is 32.1. The lowest BCUT2D eigenvalue weighted by Gasteiger charge is -2.16. The molecule has 0 radical (unpaired) electrons. The van der Waals surface area contributed by atoms with E-state index in [9.17, 15) is 4.79 Å². The van der Waals surface area contributed by atoms with Gasteiger partial charge in [-0.1, -0.05) is 42.5 Å². The monoisotopic (exact) mass is 466 g/mol. The number of aromatic amines is 1. The summed E-state index contributed by atoms with van der Waals surface area (Å²) in [5, 5.41) is 2.86. The molecule has 3 aromatic heterocycles. The van der Waals surface area contributed by atoms with Crippen molar-refractivity contribution in [2.75, 3.05) is 14.2 Å². The molecule has 5 aromatic rings. The van der Waals surface area contributed by atoms with Gasteiger partial charge in [-0.05, 0) is 52.4 Å². The Morgan fingerprint density at radius 2 is 1.76 bits per heavy atom. The quantitative estimate of drug-likeness (QED) is 0.310. The van der Waals surface area contributed by atoms with Crippen LogP contribution in [0.4, 0.5) is 0 Å². The molecule has 1 N–H and O–H groups in total. The number of nitrogens with zero attached hydrogens (tertiary/aromatic N) is 1. The number of fused-ring (bicyclic) bond motifs is 1. The third-order valence-electron chi connectivity index (χ3n) is 5.63. The molecule has 5 rings (SSSR count). The van der Waals surface area contributed by atoms with Gasteiger partial charge in [0, 0.05) is 28.2 Å². The van der Waals surface area contributed by atoms with Crippen molar-refractivity contribution in [2.45, 2.75) is 0 Å². The molecular formula is C28H22N2O3S. The smallest absolute Gasteiger partial charge is 0.257 e. The highest BCUT2D eigenvalue weighted by Gasteiger charge is 2.20. The number of thiophene rings is 1. The van der Waals surface area contributed by atoms with Crippen LogP contribution in [0.15, 0.2) is 83.2 Å². The van der Waals surface area contributed by atoms with Crippen LogP contribution in [-0.4, -0.2) is 24.2 Å². The minimum atomic E-state index is -0.173. The number of rotatable bonds is 6. The van der Waals surface area contributed by atoms with E-state index in [1.54, 1.807) is 31.8 Å².